The van der Waals surface area contributed by atoms with Crippen LogP contribution in [0.5, 0.6) is 0 Å². The molecule has 3 heterocycles. The number of nitrogens with zero attached hydrogens (tertiary/aromatic N) is 5. The number of aromatic nitrogens is 4. The Bertz CT molecular complexity index is 1290. The zero-order valence-electron chi connectivity index (χ0n) is 19.3. The van der Waals surface area contributed by atoms with Crippen molar-refractivity contribution in [3.05, 3.63) is 84.6 Å². The fraction of sp³-hybridized carbons (Fsp3) is 0.192. The van der Waals surface area contributed by atoms with Gasteiger partial charge in [-0.25, -0.2) is 15.0 Å². The lowest BCUT2D eigenvalue weighted by Gasteiger charge is -2.28. The maximum atomic E-state index is 12.4. The lowest BCUT2D eigenvalue weighted by atomic mass is 10.1. The molecular formula is C26H25N7O2. The van der Waals surface area contributed by atoms with E-state index in [0.717, 1.165) is 48.9 Å². The minimum atomic E-state index is -0.307. The molecule has 9 nitrogen and oxygen atoms in total. The van der Waals surface area contributed by atoms with Crippen LogP contribution in [0.1, 0.15) is 16.2 Å². The molecule has 0 bridgehead atoms. The van der Waals surface area contributed by atoms with Crippen LogP contribution in [0.15, 0.2) is 73.2 Å². The summed E-state index contributed by atoms with van der Waals surface area (Å²) in [6.07, 6.45) is 4.75. The molecular weight excluding hydrogens is 442 g/mol. The summed E-state index contributed by atoms with van der Waals surface area (Å²) in [5.41, 5.74) is 5.46. The zero-order chi connectivity index (χ0) is 24.0. The average Bonchev–Trinajstić information content (AvgIpc) is 2.91. The summed E-state index contributed by atoms with van der Waals surface area (Å²) in [4.78, 5) is 31.9. The maximum absolute atomic E-state index is 12.4. The first-order valence-electron chi connectivity index (χ1n) is 11.4. The minimum absolute atomic E-state index is 0.268. The lowest BCUT2D eigenvalue weighted by Crippen LogP contribution is -2.36. The van der Waals surface area contributed by atoms with Crippen molar-refractivity contribution < 1.29 is 9.53 Å². The Hall–Kier alpha value is -4.37. The van der Waals surface area contributed by atoms with Crippen molar-refractivity contribution in [2.75, 3.05) is 41.8 Å². The molecule has 2 N–H and O–H groups in total. The summed E-state index contributed by atoms with van der Waals surface area (Å²) >= 11 is 0. The zero-order valence-corrected chi connectivity index (χ0v) is 19.3. The van der Waals surface area contributed by atoms with E-state index in [9.17, 15) is 4.79 Å². The van der Waals surface area contributed by atoms with E-state index in [4.69, 9.17) is 4.74 Å². The average molecular weight is 468 g/mol. The summed E-state index contributed by atoms with van der Waals surface area (Å²) in [6.45, 7) is 5.15. The van der Waals surface area contributed by atoms with Gasteiger partial charge < -0.3 is 20.3 Å². The number of benzene rings is 2. The molecule has 0 radical (unpaired) electrons. The highest BCUT2D eigenvalue weighted by molar-refractivity contribution is 6.02. The molecule has 2 aromatic heterocycles. The van der Waals surface area contributed by atoms with Crippen LogP contribution in [0, 0.1) is 6.92 Å². The van der Waals surface area contributed by atoms with Gasteiger partial charge in [-0.15, -0.1) is 0 Å². The number of carbonyl (C=O) groups is 1. The Morgan fingerprint density at radius 1 is 0.886 bits per heavy atom. The number of hydrogen-bond donors (Lipinski definition) is 2. The van der Waals surface area contributed by atoms with Crippen molar-refractivity contribution in [1.29, 1.82) is 0 Å². The van der Waals surface area contributed by atoms with Gasteiger partial charge in [-0.05, 0) is 49.4 Å². The van der Waals surface area contributed by atoms with E-state index in [-0.39, 0.29) is 11.6 Å². The van der Waals surface area contributed by atoms with Crippen LogP contribution in [0.3, 0.4) is 0 Å². The molecule has 0 atom stereocenters. The lowest BCUT2D eigenvalue weighted by molar-refractivity contribution is 0.102. The Labute approximate surface area is 203 Å². The van der Waals surface area contributed by atoms with Crippen LogP contribution in [-0.2, 0) is 4.74 Å². The van der Waals surface area contributed by atoms with Crippen LogP contribution < -0.4 is 15.5 Å². The Morgan fingerprint density at radius 3 is 2.34 bits per heavy atom. The van der Waals surface area contributed by atoms with Gasteiger partial charge in [0.2, 0.25) is 5.95 Å². The molecule has 35 heavy (non-hydrogen) atoms. The highest BCUT2D eigenvalue weighted by Gasteiger charge is 2.11. The number of aryl methyl sites for hydroxylation is 1. The number of amides is 1. The first kappa shape index (κ1) is 22.4. The first-order valence-corrected chi connectivity index (χ1v) is 11.4. The van der Waals surface area contributed by atoms with Gasteiger partial charge >= 0.3 is 0 Å². The second-order valence-corrected chi connectivity index (χ2v) is 8.11. The molecule has 5 rings (SSSR count). The third-order valence-electron chi connectivity index (χ3n) is 5.61. The number of rotatable bonds is 6. The summed E-state index contributed by atoms with van der Waals surface area (Å²) in [6, 6.07) is 17.5. The number of hydrogen-bond acceptors (Lipinski definition) is 8. The smallest absolute Gasteiger partial charge is 0.275 e. The van der Waals surface area contributed by atoms with E-state index < -0.39 is 0 Å². The molecule has 1 aliphatic heterocycles. The van der Waals surface area contributed by atoms with Crippen molar-refractivity contribution >= 4 is 28.9 Å². The van der Waals surface area contributed by atoms with Gasteiger partial charge in [0.15, 0.2) is 0 Å². The van der Waals surface area contributed by atoms with Crippen LogP contribution >= 0.6 is 0 Å². The number of ether oxygens (including phenoxy) is 1. The predicted molar refractivity (Wildman–Crippen MR) is 135 cm³/mol. The number of nitrogens with one attached hydrogen (secondary N) is 2. The van der Waals surface area contributed by atoms with Gasteiger partial charge in [0.25, 0.3) is 5.91 Å². The van der Waals surface area contributed by atoms with Gasteiger partial charge in [0.1, 0.15) is 5.69 Å². The minimum Gasteiger partial charge on any atom is -0.378 e. The van der Waals surface area contributed by atoms with Crippen LogP contribution in [-0.4, -0.2) is 52.1 Å². The Kier molecular flexibility index (Phi) is 6.58. The second kappa shape index (κ2) is 10.3. The number of carbonyl (C=O) groups excluding carboxylic acids is 1. The standard InChI is InChI=1S/C26H25N7O2/c1-18-16-29-24(17-28-18)25(34)30-20-4-2-19(3-5-20)23-10-11-27-26(32-23)31-21-6-8-22(9-7-21)33-12-14-35-15-13-33/h2-11,16-17H,12-15H2,1H3,(H,30,34)(H,27,31,32). The number of morpholine rings is 1. The molecule has 1 saturated heterocycles. The van der Waals surface area contributed by atoms with Gasteiger partial charge in [-0.3, -0.25) is 9.78 Å². The molecule has 4 aromatic rings. The van der Waals surface area contributed by atoms with Crippen molar-refractivity contribution in [3.63, 3.8) is 0 Å². The van der Waals surface area contributed by atoms with Crippen molar-refractivity contribution in [2.24, 2.45) is 0 Å². The summed E-state index contributed by atoms with van der Waals surface area (Å²) in [5.74, 6) is 0.204. The molecule has 2 aromatic carbocycles. The van der Waals surface area contributed by atoms with Crippen molar-refractivity contribution in [2.45, 2.75) is 6.92 Å². The number of anilines is 4. The molecule has 1 fully saturated rings. The van der Waals surface area contributed by atoms with Crippen molar-refractivity contribution in [1.82, 2.24) is 19.9 Å². The Balaban J connectivity index is 1.23. The quantitative estimate of drug-likeness (QED) is 0.437. The molecule has 0 spiro atoms. The highest BCUT2D eigenvalue weighted by atomic mass is 16.5. The maximum Gasteiger partial charge on any atom is 0.275 e. The summed E-state index contributed by atoms with van der Waals surface area (Å²) < 4.78 is 5.42. The highest BCUT2D eigenvalue weighted by Crippen LogP contribution is 2.23. The Morgan fingerprint density at radius 2 is 1.63 bits per heavy atom. The van der Waals surface area contributed by atoms with Gasteiger partial charge in [-0.1, -0.05) is 12.1 Å². The fourth-order valence-electron chi connectivity index (χ4n) is 3.72. The van der Waals surface area contributed by atoms with Crippen molar-refractivity contribution in [3.8, 4) is 11.3 Å². The largest absolute Gasteiger partial charge is 0.378 e. The van der Waals surface area contributed by atoms with Crippen LogP contribution in [0.2, 0.25) is 0 Å². The third-order valence-corrected chi connectivity index (χ3v) is 5.61. The molecule has 9 heteroatoms. The van der Waals surface area contributed by atoms with E-state index >= 15 is 0 Å². The van der Waals surface area contributed by atoms with Crippen LogP contribution in [0.25, 0.3) is 11.3 Å². The first-order chi connectivity index (χ1) is 17.1. The topological polar surface area (TPSA) is 105 Å². The monoisotopic (exact) mass is 467 g/mol. The second-order valence-electron chi connectivity index (χ2n) is 8.11. The van der Waals surface area contributed by atoms with E-state index in [1.165, 1.54) is 11.9 Å². The van der Waals surface area contributed by atoms with E-state index in [1.54, 1.807) is 12.4 Å². The predicted octanol–water partition coefficient (Wildman–Crippen LogP) is 4.07. The van der Waals surface area contributed by atoms with Crippen LogP contribution in [0.4, 0.5) is 23.0 Å². The molecule has 0 aliphatic carbocycles. The third kappa shape index (κ3) is 5.59. The molecule has 0 saturated carbocycles. The fourth-order valence-corrected chi connectivity index (χ4v) is 3.72. The van der Waals surface area contributed by atoms with Gasteiger partial charge in [0, 0.05) is 48.1 Å². The van der Waals surface area contributed by atoms with Gasteiger partial charge in [-0.2, -0.15) is 0 Å². The SMILES string of the molecule is Cc1cnc(C(=O)Nc2ccc(-c3ccnc(Nc4ccc(N5CCOCC5)cc4)n3)cc2)cn1. The van der Waals surface area contributed by atoms with E-state index in [1.807, 2.05) is 49.4 Å². The van der Waals surface area contributed by atoms with E-state index in [2.05, 4.69) is 47.6 Å². The summed E-state index contributed by atoms with van der Waals surface area (Å²) in [5, 5.41) is 6.10. The summed E-state index contributed by atoms with van der Waals surface area (Å²) in [7, 11) is 0. The normalized spacial score (nSPS) is 13.3. The van der Waals surface area contributed by atoms with Gasteiger partial charge in [0.05, 0.1) is 30.8 Å². The molecule has 1 aliphatic rings. The molecule has 176 valence electrons. The molecule has 1 amide bonds. The molecule has 0 unspecified atom stereocenters. The van der Waals surface area contributed by atoms with E-state index in [0.29, 0.717) is 11.6 Å².